The number of benzene rings is 2. The Morgan fingerprint density at radius 3 is 2.62 bits per heavy atom. The number of nitro benzene ring substituents is 1. The van der Waals surface area contributed by atoms with Crippen LogP contribution in [0.4, 0.5) is 11.4 Å². The average Bonchev–Trinajstić information content (AvgIpc) is 2.47. The van der Waals surface area contributed by atoms with Crippen LogP contribution in [0.1, 0.15) is 21.5 Å². The predicted octanol–water partition coefficient (Wildman–Crippen LogP) is 2.65. The lowest BCUT2D eigenvalue weighted by atomic mass is 10.1. The molecule has 0 heterocycles. The van der Waals surface area contributed by atoms with Crippen molar-refractivity contribution in [1.29, 1.82) is 0 Å². The SMILES string of the molecule is Cc1cccc([N+](=O)[O-])c1C(=O)Nc1ccccc1CO. The number of hydrogen-bond acceptors (Lipinski definition) is 4. The third-order valence-electron chi connectivity index (χ3n) is 3.11. The van der Waals surface area contributed by atoms with E-state index in [1.807, 2.05) is 0 Å². The Labute approximate surface area is 121 Å². The van der Waals surface area contributed by atoms with Crippen LogP contribution < -0.4 is 5.32 Å². The van der Waals surface area contributed by atoms with Gasteiger partial charge >= 0.3 is 0 Å². The van der Waals surface area contributed by atoms with Gasteiger partial charge in [-0.05, 0) is 18.6 Å². The van der Waals surface area contributed by atoms with Crippen LogP contribution in [-0.4, -0.2) is 15.9 Å². The molecular formula is C15H14N2O4. The van der Waals surface area contributed by atoms with Gasteiger partial charge in [0, 0.05) is 17.3 Å². The van der Waals surface area contributed by atoms with Crippen LogP contribution in [0.3, 0.4) is 0 Å². The van der Waals surface area contributed by atoms with Crippen molar-refractivity contribution in [2.45, 2.75) is 13.5 Å². The van der Waals surface area contributed by atoms with E-state index in [9.17, 15) is 20.0 Å². The number of carbonyl (C=O) groups excluding carboxylic acids is 1. The first kappa shape index (κ1) is 14.7. The van der Waals surface area contributed by atoms with Crippen molar-refractivity contribution < 1.29 is 14.8 Å². The zero-order valence-corrected chi connectivity index (χ0v) is 11.4. The molecule has 0 atom stereocenters. The van der Waals surface area contributed by atoms with E-state index in [1.54, 1.807) is 37.3 Å². The zero-order chi connectivity index (χ0) is 15.4. The molecular weight excluding hydrogens is 272 g/mol. The van der Waals surface area contributed by atoms with Crippen LogP contribution in [0.15, 0.2) is 42.5 Å². The maximum Gasteiger partial charge on any atom is 0.282 e. The van der Waals surface area contributed by atoms with Crippen molar-refractivity contribution in [2.75, 3.05) is 5.32 Å². The fourth-order valence-electron chi connectivity index (χ4n) is 2.06. The Morgan fingerprint density at radius 1 is 1.24 bits per heavy atom. The minimum Gasteiger partial charge on any atom is -0.392 e. The lowest BCUT2D eigenvalue weighted by Crippen LogP contribution is -2.16. The normalized spacial score (nSPS) is 10.2. The summed E-state index contributed by atoms with van der Waals surface area (Å²) in [7, 11) is 0. The minimum atomic E-state index is -0.583. The van der Waals surface area contributed by atoms with Gasteiger partial charge in [0.2, 0.25) is 0 Å². The molecule has 0 fully saturated rings. The number of nitrogens with zero attached hydrogens (tertiary/aromatic N) is 1. The number of nitro groups is 1. The molecule has 0 aliphatic heterocycles. The molecule has 2 aromatic rings. The van der Waals surface area contributed by atoms with Gasteiger partial charge < -0.3 is 10.4 Å². The van der Waals surface area contributed by atoms with Crippen LogP contribution in [0, 0.1) is 17.0 Å². The van der Waals surface area contributed by atoms with E-state index in [4.69, 9.17) is 0 Å². The number of aliphatic hydroxyl groups excluding tert-OH is 1. The Kier molecular flexibility index (Phi) is 4.30. The Balaban J connectivity index is 2.39. The largest absolute Gasteiger partial charge is 0.392 e. The standard InChI is InChI=1S/C15H14N2O4/c1-10-5-4-8-13(17(20)21)14(10)15(19)16-12-7-3-2-6-11(12)9-18/h2-8,18H,9H2,1H3,(H,16,19). The number of hydrogen-bond donors (Lipinski definition) is 2. The molecule has 1 amide bonds. The Bertz CT molecular complexity index is 698. The molecule has 0 bridgehead atoms. The highest BCUT2D eigenvalue weighted by Gasteiger charge is 2.22. The monoisotopic (exact) mass is 286 g/mol. The highest BCUT2D eigenvalue weighted by atomic mass is 16.6. The van der Waals surface area contributed by atoms with Gasteiger partial charge in [0.05, 0.1) is 11.5 Å². The third kappa shape index (κ3) is 3.06. The molecule has 21 heavy (non-hydrogen) atoms. The molecule has 0 aliphatic rings. The molecule has 2 N–H and O–H groups in total. The summed E-state index contributed by atoms with van der Waals surface area (Å²) in [5.74, 6) is -0.569. The smallest absolute Gasteiger partial charge is 0.282 e. The fraction of sp³-hybridized carbons (Fsp3) is 0.133. The Morgan fingerprint density at radius 2 is 1.95 bits per heavy atom. The van der Waals surface area contributed by atoms with E-state index >= 15 is 0 Å². The van der Waals surface area contributed by atoms with E-state index in [-0.39, 0.29) is 17.9 Å². The van der Waals surface area contributed by atoms with Crippen LogP contribution in [0.25, 0.3) is 0 Å². The fourth-order valence-corrected chi connectivity index (χ4v) is 2.06. The first-order chi connectivity index (χ1) is 10.0. The molecule has 2 aromatic carbocycles. The molecule has 2 rings (SSSR count). The van der Waals surface area contributed by atoms with Gasteiger partial charge in [0.25, 0.3) is 11.6 Å². The molecule has 0 unspecified atom stereocenters. The van der Waals surface area contributed by atoms with Crippen molar-refractivity contribution in [3.63, 3.8) is 0 Å². The molecule has 108 valence electrons. The van der Waals surface area contributed by atoms with Crippen molar-refractivity contribution >= 4 is 17.3 Å². The number of aryl methyl sites for hydroxylation is 1. The number of amides is 1. The van der Waals surface area contributed by atoms with Gasteiger partial charge in [-0.2, -0.15) is 0 Å². The van der Waals surface area contributed by atoms with Crippen molar-refractivity contribution in [2.24, 2.45) is 0 Å². The van der Waals surface area contributed by atoms with E-state index < -0.39 is 10.8 Å². The van der Waals surface area contributed by atoms with E-state index in [2.05, 4.69) is 5.32 Å². The number of carbonyl (C=O) groups is 1. The van der Waals surface area contributed by atoms with Crippen molar-refractivity contribution in [1.82, 2.24) is 0 Å². The second kappa shape index (κ2) is 6.15. The summed E-state index contributed by atoms with van der Waals surface area (Å²) in [6, 6.07) is 11.2. The van der Waals surface area contributed by atoms with Crippen molar-refractivity contribution in [3.8, 4) is 0 Å². The summed E-state index contributed by atoms with van der Waals surface area (Å²) in [4.78, 5) is 22.8. The minimum absolute atomic E-state index is 0.0234. The number of anilines is 1. The van der Waals surface area contributed by atoms with Crippen LogP contribution in [-0.2, 0) is 6.61 Å². The lowest BCUT2D eigenvalue weighted by molar-refractivity contribution is -0.385. The number of para-hydroxylation sites is 1. The molecule has 0 aliphatic carbocycles. The molecule has 0 aromatic heterocycles. The van der Waals surface area contributed by atoms with Gasteiger partial charge in [-0.15, -0.1) is 0 Å². The third-order valence-corrected chi connectivity index (χ3v) is 3.11. The Hall–Kier alpha value is -2.73. The number of rotatable bonds is 4. The first-order valence-electron chi connectivity index (χ1n) is 6.28. The van der Waals surface area contributed by atoms with Gasteiger partial charge in [-0.3, -0.25) is 14.9 Å². The van der Waals surface area contributed by atoms with Gasteiger partial charge in [0.15, 0.2) is 0 Å². The van der Waals surface area contributed by atoms with Crippen LogP contribution >= 0.6 is 0 Å². The highest BCUT2D eigenvalue weighted by Crippen LogP contribution is 2.24. The summed E-state index contributed by atoms with van der Waals surface area (Å²) in [6.45, 7) is 1.41. The van der Waals surface area contributed by atoms with E-state index in [0.717, 1.165) is 0 Å². The highest BCUT2D eigenvalue weighted by molar-refractivity contribution is 6.08. The van der Waals surface area contributed by atoms with E-state index in [1.165, 1.54) is 12.1 Å². The summed E-state index contributed by atoms with van der Waals surface area (Å²) in [5.41, 5.74) is 1.28. The summed E-state index contributed by atoms with van der Waals surface area (Å²) in [6.07, 6.45) is 0. The topological polar surface area (TPSA) is 92.5 Å². The quantitative estimate of drug-likeness (QED) is 0.667. The zero-order valence-electron chi connectivity index (χ0n) is 11.4. The van der Waals surface area contributed by atoms with Crippen LogP contribution in [0.2, 0.25) is 0 Å². The van der Waals surface area contributed by atoms with Gasteiger partial charge in [0.1, 0.15) is 5.56 Å². The summed E-state index contributed by atoms with van der Waals surface area (Å²) in [5, 5.41) is 22.9. The average molecular weight is 286 g/mol. The van der Waals surface area contributed by atoms with Crippen LogP contribution in [0.5, 0.6) is 0 Å². The first-order valence-corrected chi connectivity index (χ1v) is 6.28. The second-order valence-corrected chi connectivity index (χ2v) is 4.50. The van der Waals surface area contributed by atoms with Crippen molar-refractivity contribution in [3.05, 3.63) is 69.3 Å². The van der Waals surface area contributed by atoms with Gasteiger partial charge in [-0.1, -0.05) is 30.3 Å². The predicted molar refractivity (Wildman–Crippen MR) is 78.2 cm³/mol. The van der Waals surface area contributed by atoms with E-state index in [0.29, 0.717) is 16.8 Å². The molecule has 0 saturated carbocycles. The maximum absolute atomic E-state index is 12.3. The number of aliphatic hydroxyl groups is 1. The molecule has 0 spiro atoms. The molecule has 0 saturated heterocycles. The maximum atomic E-state index is 12.3. The second-order valence-electron chi connectivity index (χ2n) is 4.50. The number of nitrogens with one attached hydrogen (secondary N) is 1. The molecule has 6 heteroatoms. The molecule has 6 nitrogen and oxygen atoms in total. The molecule has 0 radical (unpaired) electrons. The summed E-state index contributed by atoms with van der Waals surface area (Å²) >= 11 is 0. The van der Waals surface area contributed by atoms with Gasteiger partial charge in [-0.25, -0.2) is 0 Å². The lowest BCUT2D eigenvalue weighted by Gasteiger charge is -2.11. The summed E-state index contributed by atoms with van der Waals surface area (Å²) < 4.78 is 0.